The van der Waals surface area contributed by atoms with Crippen molar-refractivity contribution in [2.24, 2.45) is 5.73 Å². The summed E-state index contributed by atoms with van der Waals surface area (Å²) in [6.07, 6.45) is 4.62. The van der Waals surface area contributed by atoms with Crippen LogP contribution in [-0.4, -0.2) is 36.3 Å². The molecule has 3 aliphatic rings. The Hall–Kier alpha value is -0.710. The summed E-state index contributed by atoms with van der Waals surface area (Å²) in [5.74, 6) is 2.44. The van der Waals surface area contributed by atoms with Gasteiger partial charge < -0.3 is 15.4 Å². The highest BCUT2D eigenvalue weighted by molar-refractivity contribution is 7.99. The molecule has 0 aliphatic carbocycles. The zero-order valence-corrected chi connectivity index (χ0v) is 13.3. The van der Waals surface area contributed by atoms with Gasteiger partial charge in [-0.1, -0.05) is 18.2 Å². The second-order valence-electron chi connectivity index (χ2n) is 6.63. The van der Waals surface area contributed by atoms with Crippen LogP contribution >= 0.6 is 11.8 Å². The quantitative estimate of drug-likeness (QED) is 0.866. The van der Waals surface area contributed by atoms with Crippen LogP contribution in [0.2, 0.25) is 0 Å². The normalized spacial score (nSPS) is 36.0. The van der Waals surface area contributed by atoms with Crippen LogP contribution in [0, 0.1) is 0 Å². The topological polar surface area (TPSA) is 38.5 Å². The van der Waals surface area contributed by atoms with E-state index in [2.05, 4.69) is 40.9 Å². The molecule has 0 amide bonds. The number of ether oxygens (including phenoxy) is 1. The number of hydrogen-bond donors (Lipinski definition) is 1. The van der Waals surface area contributed by atoms with E-state index in [1.807, 2.05) is 0 Å². The Bertz CT molecular complexity index is 515. The molecule has 1 aromatic rings. The van der Waals surface area contributed by atoms with Gasteiger partial charge in [-0.15, -0.1) is 0 Å². The highest BCUT2D eigenvalue weighted by atomic mass is 32.2. The van der Waals surface area contributed by atoms with Crippen molar-refractivity contribution in [3.63, 3.8) is 0 Å². The number of anilines is 1. The lowest BCUT2D eigenvalue weighted by molar-refractivity contribution is -0.0664. The molecule has 4 rings (SSSR count). The van der Waals surface area contributed by atoms with Gasteiger partial charge in [0.1, 0.15) is 0 Å². The molecule has 3 aliphatic heterocycles. The molecule has 3 nitrogen and oxygen atoms in total. The van der Waals surface area contributed by atoms with Gasteiger partial charge in [-0.05, 0) is 43.1 Å². The van der Waals surface area contributed by atoms with Crippen molar-refractivity contribution >= 4 is 17.4 Å². The summed E-state index contributed by atoms with van der Waals surface area (Å²) in [6, 6.07) is 9.53. The molecule has 3 heterocycles. The number of hydrogen-bond acceptors (Lipinski definition) is 4. The molecule has 0 saturated carbocycles. The van der Waals surface area contributed by atoms with Crippen LogP contribution in [0.1, 0.15) is 37.3 Å². The Labute approximate surface area is 131 Å². The SMILES string of the molecule is NC1CCN(C2CCOC3(CCSC3)C2)c2ccccc21. The Morgan fingerprint density at radius 1 is 1.29 bits per heavy atom. The van der Waals surface area contributed by atoms with E-state index in [1.165, 1.54) is 35.6 Å². The number of benzene rings is 1. The lowest BCUT2D eigenvalue weighted by Gasteiger charge is -2.46. The van der Waals surface area contributed by atoms with E-state index in [1.54, 1.807) is 0 Å². The van der Waals surface area contributed by atoms with Crippen molar-refractivity contribution in [2.45, 2.75) is 43.4 Å². The summed E-state index contributed by atoms with van der Waals surface area (Å²) in [5, 5.41) is 0. The van der Waals surface area contributed by atoms with Gasteiger partial charge in [-0.3, -0.25) is 0 Å². The predicted octanol–water partition coefficient (Wildman–Crippen LogP) is 2.95. The molecule has 3 unspecified atom stereocenters. The van der Waals surface area contributed by atoms with Crippen LogP contribution in [0.25, 0.3) is 0 Å². The van der Waals surface area contributed by atoms with Crippen molar-refractivity contribution in [1.82, 2.24) is 0 Å². The maximum atomic E-state index is 6.30. The fraction of sp³-hybridized carbons (Fsp3) is 0.647. The van der Waals surface area contributed by atoms with Gasteiger partial charge >= 0.3 is 0 Å². The van der Waals surface area contributed by atoms with Crippen LogP contribution in [0.5, 0.6) is 0 Å². The average molecular weight is 304 g/mol. The Kier molecular flexibility index (Phi) is 3.64. The third-order valence-corrected chi connectivity index (χ3v) is 6.52. The first-order valence-electron chi connectivity index (χ1n) is 8.10. The molecule has 1 aromatic carbocycles. The van der Waals surface area contributed by atoms with E-state index < -0.39 is 0 Å². The second-order valence-corrected chi connectivity index (χ2v) is 7.73. The molecule has 114 valence electrons. The van der Waals surface area contributed by atoms with E-state index in [4.69, 9.17) is 10.5 Å². The third-order valence-electron chi connectivity index (χ3n) is 5.30. The highest BCUT2D eigenvalue weighted by Gasteiger charge is 2.42. The summed E-state index contributed by atoms with van der Waals surface area (Å²) in [6.45, 7) is 2.00. The molecule has 2 fully saturated rings. The fourth-order valence-corrected chi connectivity index (χ4v) is 5.51. The van der Waals surface area contributed by atoms with Crippen molar-refractivity contribution in [3.05, 3.63) is 29.8 Å². The molecular formula is C17H24N2OS. The summed E-state index contributed by atoms with van der Waals surface area (Å²) in [5.41, 5.74) is 9.14. The van der Waals surface area contributed by atoms with Gasteiger partial charge in [0.15, 0.2) is 0 Å². The van der Waals surface area contributed by atoms with Crippen LogP contribution in [-0.2, 0) is 4.74 Å². The summed E-state index contributed by atoms with van der Waals surface area (Å²) in [7, 11) is 0. The summed E-state index contributed by atoms with van der Waals surface area (Å²) in [4.78, 5) is 2.62. The van der Waals surface area contributed by atoms with Gasteiger partial charge in [0.2, 0.25) is 0 Å². The van der Waals surface area contributed by atoms with Crippen molar-refractivity contribution in [2.75, 3.05) is 29.6 Å². The Morgan fingerprint density at radius 2 is 2.19 bits per heavy atom. The number of fused-ring (bicyclic) bond motifs is 1. The van der Waals surface area contributed by atoms with Gasteiger partial charge in [-0.25, -0.2) is 0 Å². The second kappa shape index (κ2) is 5.49. The number of nitrogens with zero attached hydrogens (tertiary/aromatic N) is 1. The van der Waals surface area contributed by atoms with Crippen LogP contribution < -0.4 is 10.6 Å². The van der Waals surface area contributed by atoms with Gasteiger partial charge in [0.25, 0.3) is 0 Å². The largest absolute Gasteiger partial charge is 0.374 e. The number of nitrogens with two attached hydrogens (primary N) is 1. The van der Waals surface area contributed by atoms with E-state index in [9.17, 15) is 0 Å². The van der Waals surface area contributed by atoms with Gasteiger partial charge in [0.05, 0.1) is 5.60 Å². The molecule has 3 atom stereocenters. The molecule has 2 saturated heterocycles. The average Bonchev–Trinajstić information content (AvgIpc) is 2.96. The Morgan fingerprint density at radius 3 is 3.05 bits per heavy atom. The first-order valence-corrected chi connectivity index (χ1v) is 9.26. The van der Waals surface area contributed by atoms with Crippen molar-refractivity contribution in [1.29, 1.82) is 0 Å². The molecule has 0 bridgehead atoms. The van der Waals surface area contributed by atoms with Crippen LogP contribution in [0.3, 0.4) is 0 Å². The van der Waals surface area contributed by atoms with Gasteiger partial charge in [-0.2, -0.15) is 11.8 Å². The lowest BCUT2D eigenvalue weighted by atomic mass is 9.87. The molecular weight excluding hydrogens is 280 g/mol. The third kappa shape index (κ3) is 2.47. The van der Waals surface area contributed by atoms with Crippen molar-refractivity contribution < 1.29 is 4.74 Å². The minimum absolute atomic E-state index is 0.155. The monoisotopic (exact) mass is 304 g/mol. The van der Waals surface area contributed by atoms with E-state index in [0.717, 1.165) is 26.0 Å². The highest BCUT2D eigenvalue weighted by Crippen LogP contribution is 2.42. The van der Waals surface area contributed by atoms with Crippen molar-refractivity contribution in [3.8, 4) is 0 Å². The maximum Gasteiger partial charge on any atom is 0.0799 e. The van der Waals surface area contributed by atoms with E-state index >= 15 is 0 Å². The standard InChI is InChI=1S/C17H24N2OS/c18-15-5-8-19(16-4-2-1-3-14(15)16)13-6-9-20-17(11-13)7-10-21-12-17/h1-4,13,15H,5-12,18H2. The lowest BCUT2D eigenvalue weighted by Crippen LogP contribution is -2.51. The number of rotatable bonds is 1. The zero-order valence-electron chi connectivity index (χ0n) is 12.5. The molecule has 0 radical (unpaired) electrons. The minimum atomic E-state index is 0.155. The molecule has 2 N–H and O–H groups in total. The van der Waals surface area contributed by atoms with E-state index in [-0.39, 0.29) is 11.6 Å². The molecule has 21 heavy (non-hydrogen) atoms. The first-order chi connectivity index (χ1) is 10.3. The molecule has 1 spiro atoms. The number of thioether (sulfide) groups is 1. The van der Waals surface area contributed by atoms with E-state index in [0.29, 0.717) is 6.04 Å². The smallest absolute Gasteiger partial charge is 0.0799 e. The van der Waals surface area contributed by atoms with Crippen LogP contribution in [0.4, 0.5) is 5.69 Å². The fourth-order valence-electron chi connectivity index (χ4n) is 4.13. The summed E-state index contributed by atoms with van der Waals surface area (Å²) < 4.78 is 6.18. The number of para-hydroxylation sites is 1. The van der Waals surface area contributed by atoms with Gasteiger partial charge in [0, 0.05) is 36.7 Å². The van der Waals surface area contributed by atoms with Crippen LogP contribution in [0.15, 0.2) is 24.3 Å². The maximum absolute atomic E-state index is 6.30. The zero-order chi connectivity index (χ0) is 14.3. The first kappa shape index (κ1) is 13.9. The Balaban J connectivity index is 1.60. The molecule has 0 aromatic heterocycles. The molecule has 4 heteroatoms. The predicted molar refractivity (Wildman–Crippen MR) is 89.0 cm³/mol. The summed E-state index contributed by atoms with van der Waals surface area (Å²) >= 11 is 2.05. The minimum Gasteiger partial charge on any atom is -0.374 e.